The molecule has 1 fully saturated rings. The summed E-state index contributed by atoms with van der Waals surface area (Å²) >= 11 is 0. The van der Waals surface area contributed by atoms with E-state index in [9.17, 15) is 14.4 Å². The van der Waals surface area contributed by atoms with Crippen molar-refractivity contribution in [1.29, 1.82) is 0 Å². The van der Waals surface area contributed by atoms with Gasteiger partial charge < -0.3 is 15.7 Å². The number of carboxylic acids is 1. The number of amides is 3. The van der Waals surface area contributed by atoms with Crippen LogP contribution in [-0.2, 0) is 16.1 Å². The van der Waals surface area contributed by atoms with Crippen LogP contribution in [0.5, 0.6) is 0 Å². The Hall–Kier alpha value is -2.71. The molecule has 0 radical (unpaired) electrons. The summed E-state index contributed by atoms with van der Waals surface area (Å²) in [6, 6.07) is -1.70. The second-order valence-electron chi connectivity index (χ2n) is 4.59. The Balaban J connectivity index is 1.98. The minimum absolute atomic E-state index is 0.105. The van der Waals surface area contributed by atoms with Gasteiger partial charge in [-0.25, -0.2) is 9.59 Å². The molecule has 1 aromatic rings. The third-order valence-corrected chi connectivity index (χ3v) is 2.98. The van der Waals surface area contributed by atoms with Crippen molar-refractivity contribution in [2.75, 3.05) is 13.1 Å². The fraction of sp³-hybridized carbons (Fsp3) is 0.417. The quantitative estimate of drug-likeness (QED) is 0.648. The van der Waals surface area contributed by atoms with Crippen molar-refractivity contribution in [1.82, 2.24) is 25.5 Å². The zero-order valence-electron chi connectivity index (χ0n) is 11.4. The lowest BCUT2D eigenvalue weighted by Crippen LogP contribution is -2.61. The second kappa shape index (κ2) is 6.16. The highest BCUT2D eigenvalue weighted by atomic mass is 16.4. The zero-order valence-corrected chi connectivity index (χ0v) is 11.4. The lowest BCUT2D eigenvalue weighted by Gasteiger charge is -2.32. The number of hydrogen-bond donors (Lipinski definition) is 3. The summed E-state index contributed by atoms with van der Waals surface area (Å²) in [6.45, 7) is 1.50. The average Bonchev–Trinajstić information content (AvgIpc) is 2.46. The van der Waals surface area contributed by atoms with Gasteiger partial charge in [-0.3, -0.25) is 19.7 Å². The van der Waals surface area contributed by atoms with Crippen molar-refractivity contribution in [2.45, 2.75) is 19.5 Å². The van der Waals surface area contributed by atoms with Crippen molar-refractivity contribution in [3.8, 4) is 0 Å². The number of carbonyl (C=O) groups is 3. The largest absolute Gasteiger partial charge is 0.480 e. The average molecular weight is 293 g/mol. The highest BCUT2D eigenvalue weighted by Crippen LogP contribution is 2.05. The number of piperazine rings is 1. The van der Waals surface area contributed by atoms with Crippen LogP contribution >= 0.6 is 0 Å². The number of aromatic nitrogens is 2. The number of rotatable bonds is 3. The van der Waals surface area contributed by atoms with E-state index in [-0.39, 0.29) is 19.6 Å². The molecular formula is C12H15N5O4. The molecule has 0 aliphatic carbocycles. The molecule has 0 bridgehead atoms. The number of carboxylic acid groups (broad SMARTS) is 1. The Morgan fingerprint density at radius 2 is 2.24 bits per heavy atom. The molecule has 1 atom stereocenters. The van der Waals surface area contributed by atoms with Gasteiger partial charge in [0.2, 0.25) is 5.91 Å². The van der Waals surface area contributed by atoms with Crippen LogP contribution in [0.4, 0.5) is 4.79 Å². The van der Waals surface area contributed by atoms with Crippen molar-refractivity contribution in [3.05, 3.63) is 23.8 Å². The molecule has 2 heterocycles. The Bertz CT molecular complexity index is 559. The molecule has 112 valence electrons. The molecule has 9 nitrogen and oxygen atoms in total. The van der Waals surface area contributed by atoms with Gasteiger partial charge >= 0.3 is 12.0 Å². The van der Waals surface area contributed by atoms with E-state index >= 15 is 0 Å². The van der Waals surface area contributed by atoms with Gasteiger partial charge in [0, 0.05) is 12.7 Å². The van der Waals surface area contributed by atoms with Gasteiger partial charge in [-0.1, -0.05) is 0 Å². The number of aliphatic carboxylic acids is 1. The lowest BCUT2D eigenvalue weighted by atomic mass is 10.2. The van der Waals surface area contributed by atoms with Crippen LogP contribution in [0.3, 0.4) is 0 Å². The summed E-state index contributed by atoms with van der Waals surface area (Å²) in [6.07, 6.45) is 3.09. The van der Waals surface area contributed by atoms with Crippen LogP contribution in [-0.4, -0.2) is 57.0 Å². The van der Waals surface area contributed by atoms with E-state index in [1.807, 2.05) is 0 Å². The third kappa shape index (κ3) is 3.65. The molecule has 0 spiro atoms. The van der Waals surface area contributed by atoms with Gasteiger partial charge in [-0.15, -0.1) is 0 Å². The first-order chi connectivity index (χ1) is 9.97. The molecule has 0 aromatic carbocycles. The lowest BCUT2D eigenvalue weighted by molar-refractivity contribution is -0.144. The maximum atomic E-state index is 12.0. The van der Waals surface area contributed by atoms with Gasteiger partial charge in [0.15, 0.2) is 0 Å². The number of hydrogen-bond acceptors (Lipinski definition) is 5. The number of urea groups is 1. The number of aryl methyl sites for hydroxylation is 1. The van der Waals surface area contributed by atoms with Crippen LogP contribution in [0, 0.1) is 6.92 Å². The highest BCUT2D eigenvalue weighted by Gasteiger charge is 2.35. The fourth-order valence-electron chi connectivity index (χ4n) is 1.85. The maximum Gasteiger partial charge on any atom is 0.328 e. The maximum absolute atomic E-state index is 12.0. The summed E-state index contributed by atoms with van der Waals surface area (Å²) in [5, 5.41) is 14.0. The second-order valence-corrected chi connectivity index (χ2v) is 4.59. The molecule has 2 rings (SSSR count). The summed E-state index contributed by atoms with van der Waals surface area (Å²) in [5.74, 6) is -1.56. The predicted molar refractivity (Wildman–Crippen MR) is 70.1 cm³/mol. The van der Waals surface area contributed by atoms with Crippen LogP contribution in [0.2, 0.25) is 0 Å². The van der Waals surface area contributed by atoms with E-state index in [4.69, 9.17) is 5.11 Å². The molecule has 21 heavy (non-hydrogen) atoms. The molecule has 1 aliphatic rings. The fourth-order valence-corrected chi connectivity index (χ4v) is 1.85. The van der Waals surface area contributed by atoms with Crippen LogP contribution < -0.4 is 10.6 Å². The first kappa shape index (κ1) is 14.7. The van der Waals surface area contributed by atoms with E-state index < -0.39 is 23.9 Å². The number of carbonyl (C=O) groups excluding carboxylic acids is 2. The smallest absolute Gasteiger partial charge is 0.328 e. The molecule has 1 aromatic heterocycles. The number of nitrogens with one attached hydrogen (secondary N) is 2. The Morgan fingerprint density at radius 3 is 2.86 bits per heavy atom. The standard InChI is InChI=1S/C12H15N5O4/c1-7-2-14-8(3-13-7)4-16-12(21)17-6-10(18)15-5-9(17)11(19)20/h2-3,9H,4-6H2,1H3,(H,15,18)(H,16,21)(H,19,20). The van der Waals surface area contributed by atoms with Crippen LogP contribution in [0.25, 0.3) is 0 Å². The van der Waals surface area contributed by atoms with Gasteiger partial charge in [-0.05, 0) is 6.92 Å². The van der Waals surface area contributed by atoms with Crippen molar-refractivity contribution in [3.63, 3.8) is 0 Å². The monoisotopic (exact) mass is 293 g/mol. The molecule has 1 saturated heterocycles. The summed E-state index contributed by atoms with van der Waals surface area (Å²) in [5.41, 5.74) is 1.30. The summed E-state index contributed by atoms with van der Waals surface area (Å²) in [7, 11) is 0. The van der Waals surface area contributed by atoms with E-state index in [1.165, 1.54) is 6.20 Å². The SMILES string of the molecule is Cc1cnc(CNC(=O)N2CC(=O)NCC2C(=O)O)cn1. The van der Waals surface area contributed by atoms with E-state index in [1.54, 1.807) is 13.1 Å². The van der Waals surface area contributed by atoms with E-state index in [0.717, 1.165) is 10.6 Å². The molecule has 9 heteroatoms. The summed E-state index contributed by atoms with van der Waals surface area (Å²) < 4.78 is 0. The predicted octanol–water partition coefficient (Wildman–Crippen LogP) is -1.12. The third-order valence-electron chi connectivity index (χ3n) is 2.98. The van der Waals surface area contributed by atoms with Crippen LogP contribution in [0.15, 0.2) is 12.4 Å². The first-order valence-electron chi connectivity index (χ1n) is 6.29. The Kier molecular flexibility index (Phi) is 4.31. The van der Waals surface area contributed by atoms with E-state index in [2.05, 4.69) is 20.6 Å². The molecule has 3 N–H and O–H groups in total. The minimum atomic E-state index is -1.17. The van der Waals surface area contributed by atoms with Gasteiger partial charge in [0.25, 0.3) is 0 Å². The van der Waals surface area contributed by atoms with Crippen molar-refractivity contribution < 1.29 is 19.5 Å². The molecule has 1 unspecified atom stereocenters. The van der Waals surface area contributed by atoms with Gasteiger partial charge in [-0.2, -0.15) is 0 Å². The minimum Gasteiger partial charge on any atom is -0.480 e. The van der Waals surface area contributed by atoms with Crippen molar-refractivity contribution in [2.24, 2.45) is 0 Å². The topological polar surface area (TPSA) is 125 Å². The first-order valence-corrected chi connectivity index (χ1v) is 6.29. The van der Waals surface area contributed by atoms with Gasteiger partial charge in [0.05, 0.1) is 24.1 Å². The molecule has 0 saturated carbocycles. The molecule has 3 amide bonds. The Labute approximate surface area is 120 Å². The molecule has 1 aliphatic heterocycles. The van der Waals surface area contributed by atoms with Crippen LogP contribution in [0.1, 0.15) is 11.4 Å². The van der Waals surface area contributed by atoms with Crippen molar-refractivity contribution >= 4 is 17.9 Å². The van der Waals surface area contributed by atoms with E-state index in [0.29, 0.717) is 5.69 Å². The zero-order chi connectivity index (χ0) is 15.4. The molecular weight excluding hydrogens is 278 g/mol. The normalized spacial score (nSPS) is 18.0. The summed E-state index contributed by atoms with van der Waals surface area (Å²) in [4.78, 5) is 43.5. The van der Waals surface area contributed by atoms with Gasteiger partial charge in [0.1, 0.15) is 12.6 Å². The highest BCUT2D eigenvalue weighted by molar-refractivity contribution is 5.90. The Morgan fingerprint density at radius 1 is 1.48 bits per heavy atom. The number of nitrogens with zero attached hydrogens (tertiary/aromatic N) is 3.